The molecule has 0 aliphatic carbocycles. The summed E-state index contributed by atoms with van der Waals surface area (Å²) in [5.74, 6) is 0. The third-order valence-corrected chi connectivity index (χ3v) is 0.846. The number of hydrogen-bond donors (Lipinski definition) is 0. The Balaban J connectivity index is 0.000000640. The van der Waals surface area contributed by atoms with E-state index in [4.69, 9.17) is 0 Å². The number of carbonyl (C=O) groups excluding carboxylic acids is 1. The summed E-state index contributed by atoms with van der Waals surface area (Å²) in [6.07, 6.45) is 3.97. The molecule has 4 heteroatoms. The van der Waals surface area contributed by atoms with Crippen molar-refractivity contribution in [2.75, 3.05) is 0 Å². The first-order valence-corrected chi connectivity index (χ1v) is 2.26. The van der Waals surface area contributed by atoms with Crippen molar-refractivity contribution in [2.45, 2.75) is 0 Å². The quantitative estimate of drug-likeness (QED) is 0.474. The molecule has 1 rings (SSSR count). The Hall–Kier alpha value is -1.16. The highest BCUT2D eigenvalue weighted by atomic mass is 16.1. The second kappa shape index (κ2) is 2.99. The summed E-state index contributed by atoms with van der Waals surface area (Å²) < 4.78 is 1.73. The van der Waals surface area contributed by atoms with Crippen molar-refractivity contribution in [3.05, 3.63) is 18.2 Å². The van der Waals surface area contributed by atoms with Crippen molar-refractivity contribution >= 4 is 6.29 Å². The van der Waals surface area contributed by atoms with Crippen molar-refractivity contribution in [2.24, 2.45) is 7.05 Å². The predicted octanol–water partition coefficient (Wildman–Crippen LogP) is -0.592. The fourth-order valence-corrected chi connectivity index (χ4v) is 0.494. The number of aryl methyl sites for hydroxylation is 1. The Bertz CT molecular complexity index is 195. The van der Waals surface area contributed by atoms with Gasteiger partial charge in [-0.15, -0.1) is 0 Å². The van der Waals surface area contributed by atoms with Crippen LogP contribution in [0, 0.1) is 0 Å². The van der Waals surface area contributed by atoms with Gasteiger partial charge in [-0.2, -0.15) is 0 Å². The van der Waals surface area contributed by atoms with Crippen LogP contribution in [0.3, 0.4) is 0 Å². The van der Waals surface area contributed by atoms with Crippen LogP contribution in [0.25, 0.3) is 0 Å². The van der Waals surface area contributed by atoms with Crippen LogP contribution in [-0.2, 0) is 7.05 Å². The first-order valence-electron chi connectivity index (χ1n) is 2.26. The highest BCUT2D eigenvalue weighted by Gasteiger charge is 1.88. The van der Waals surface area contributed by atoms with Gasteiger partial charge in [-0.3, -0.25) is 4.79 Å². The Kier molecular flexibility index (Phi) is 2.60. The fraction of sp³-hybridized carbons (Fsp3) is 0.200. The number of aldehydes is 1. The van der Waals surface area contributed by atoms with Gasteiger partial charge in [0.25, 0.3) is 0 Å². The van der Waals surface area contributed by atoms with Crippen molar-refractivity contribution in [3.8, 4) is 0 Å². The SMILES string of the molecule is Cn1cnc(C=O)c1.O. The molecular formula is C5H8N2O2. The largest absolute Gasteiger partial charge is 0.412 e. The van der Waals surface area contributed by atoms with E-state index < -0.39 is 0 Å². The summed E-state index contributed by atoms with van der Waals surface area (Å²) in [6.45, 7) is 0. The zero-order valence-corrected chi connectivity index (χ0v) is 5.03. The summed E-state index contributed by atoms with van der Waals surface area (Å²) in [5, 5.41) is 0. The van der Waals surface area contributed by atoms with Crippen LogP contribution in [0.15, 0.2) is 12.5 Å². The molecule has 0 fully saturated rings. The monoisotopic (exact) mass is 128 g/mol. The van der Waals surface area contributed by atoms with E-state index in [1.54, 1.807) is 17.1 Å². The third kappa shape index (κ3) is 1.65. The van der Waals surface area contributed by atoms with Gasteiger partial charge >= 0.3 is 0 Å². The number of imidazole rings is 1. The molecule has 0 unspecified atom stereocenters. The summed E-state index contributed by atoms with van der Waals surface area (Å²) in [6, 6.07) is 0. The van der Waals surface area contributed by atoms with Crippen LogP contribution >= 0.6 is 0 Å². The molecule has 0 aromatic carbocycles. The normalized spacial score (nSPS) is 8.11. The molecule has 0 saturated carbocycles. The fourth-order valence-electron chi connectivity index (χ4n) is 0.494. The van der Waals surface area contributed by atoms with Gasteiger partial charge in [0.1, 0.15) is 5.69 Å². The van der Waals surface area contributed by atoms with E-state index in [1.165, 1.54) is 0 Å². The molecule has 1 aromatic rings. The zero-order chi connectivity index (χ0) is 5.98. The lowest BCUT2D eigenvalue weighted by molar-refractivity contribution is 0.111. The molecule has 0 atom stereocenters. The predicted molar refractivity (Wildman–Crippen MR) is 32.2 cm³/mol. The maximum atomic E-state index is 9.94. The van der Waals surface area contributed by atoms with E-state index in [0.29, 0.717) is 5.69 Å². The first-order chi connectivity index (χ1) is 3.83. The molecule has 50 valence electrons. The average Bonchev–Trinajstić information content (AvgIpc) is 2.14. The highest BCUT2D eigenvalue weighted by molar-refractivity contribution is 5.70. The average molecular weight is 128 g/mol. The summed E-state index contributed by atoms with van der Waals surface area (Å²) >= 11 is 0. The van der Waals surface area contributed by atoms with Gasteiger partial charge in [-0.25, -0.2) is 4.98 Å². The standard InChI is InChI=1S/C5H6N2O.H2O/c1-7-2-5(3-8)6-4-7;/h2-4H,1H3;1H2. The lowest BCUT2D eigenvalue weighted by atomic mass is 10.5. The summed E-state index contributed by atoms with van der Waals surface area (Å²) in [5.41, 5.74) is 0.479. The second-order valence-corrected chi connectivity index (χ2v) is 1.58. The number of carbonyl (C=O) groups is 1. The minimum atomic E-state index is 0. The Morgan fingerprint density at radius 2 is 2.44 bits per heavy atom. The van der Waals surface area contributed by atoms with Crippen molar-refractivity contribution in [1.82, 2.24) is 9.55 Å². The zero-order valence-electron chi connectivity index (χ0n) is 5.03. The minimum absolute atomic E-state index is 0. The third-order valence-electron chi connectivity index (χ3n) is 0.846. The van der Waals surface area contributed by atoms with E-state index in [2.05, 4.69) is 4.98 Å². The molecule has 9 heavy (non-hydrogen) atoms. The smallest absolute Gasteiger partial charge is 0.169 e. The molecular weight excluding hydrogens is 120 g/mol. The maximum Gasteiger partial charge on any atom is 0.169 e. The van der Waals surface area contributed by atoms with Crippen molar-refractivity contribution < 1.29 is 10.3 Å². The van der Waals surface area contributed by atoms with Gasteiger partial charge in [0.2, 0.25) is 0 Å². The molecule has 1 heterocycles. The van der Waals surface area contributed by atoms with Crippen LogP contribution < -0.4 is 0 Å². The van der Waals surface area contributed by atoms with E-state index in [-0.39, 0.29) is 5.48 Å². The van der Waals surface area contributed by atoms with Gasteiger partial charge in [0.05, 0.1) is 6.33 Å². The van der Waals surface area contributed by atoms with E-state index >= 15 is 0 Å². The summed E-state index contributed by atoms with van der Waals surface area (Å²) in [4.78, 5) is 13.7. The first kappa shape index (κ1) is 7.84. The highest BCUT2D eigenvalue weighted by Crippen LogP contribution is 1.86. The molecule has 4 nitrogen and oxygen atoms in total. The van der Waals surface area contributed by atoms with Crippen LogP contribution in [0.4, 0.5) is 0 Å². The molecule has 0 saturated heterocycles. The number of hydrogen-bond acceptors (Lipinski definition) is 2. The van der Waals surface area contributed by atoms with Crippen LogP contribution in [-0.4, -0.2) is 21.3 Å². The van der Waals surface area contributed by atoms with Crippen molar-refractivity contribution in [1.29, 1.82) is 0 Å². The van der Waals surface area contributed by atoms with Crippen LogP contribution in [0.5, 0.6) is 0 Å². The van der Waals surface area contributed by atoms with Gasteiger partial charge < -0.3 is 10.0 Å². The number of nitrogens with zero attached hydrogens (tertiary/aromatic N) is 2. The second-order valence-electron chi connectivity index (χ2n) is 1.58. The molecule has 2 N–H and O–H groups in total. The van der Waals surface area contributed by atoms with Gasteiger partial charge in [0, 0.05) is 13.2 Å². The molecule has 1 aromatic heterocycles. The van der Waals surface area contributed by atoms with Crippen LogP contribution in [0.2, 0.25) is 0 Å². The number of aromatic nitrogens is 2. The van der Waals surface area contributed by atoms with Crippen LogP contribution in [0.1, 0.15) is 10.5 Å². The number of rotatable bonds is 1. The molecule has 0 bridgehead atoms. The molecule has 0 aliphatic heterocycles. The lowest BCUT2D eigenvalue weighted by Crippen LogP contribution is -1.78. The van der Waals surface area contributed by atoms with Gasteiger partial charge in [-0.05, 0) is 0 Å². The van der Waals surface area contributed by atoms with Crippen molar-refractivity contribution in [3.63, 3.8) is 0 Å². The van der Waals surface area contributed by atoms with Gasteiger partial charge in [0.15, 0.2) is 6.29 Å². The topological polar surface area (TPSA) is 66.4 Å². The lowest BCUT2D eigenvalue weighted by Gasteiger charge is -1.77. The molecule has 0 aliphatic rings. The molecule has 0 radical (unpaired) electrons. The maximum absolute atomic E-state index is 9.94. The Morgan fingerprint density at radius 3 is 2.67 bits per heavy atom. The summed E-state index contributed by atoms with van der Waals surface area (Å²) in [7, 11) is 1.82. The molecule has 0 spiro atoms. The van der Waals surface area contributed by atoms with E-state index in [1.807, 2.05) is 7.05 Å². The van der Waals surface area contributed by atoms with Gasteiger partial charge in [-0.1, -0.05) is 0 Å². The Morgan fingerprint density at radius 1 is 1.78 bits per heavy atom. The van der Waals surface area contributed by atoms with E-state index in [9.17, 15) is 4.79 Å². The minimum Gasteiger partial charge on any atom is -0.412 e. The van der Waals surface area contributed by atoms with E-state index in [0.717, 1.165) is 6.29 Å². The molecule has 0 amide bonds. The Labute approximate surface area is 52.4 Å².